The summed E-state index contributed by atoms with van der Waals surface area (Å²) in [5.74, 6) is -0.793. The van der Waals surface area contributed by atoms with Crippen LogP contribution in [0.2, 0.25) is 0 Å². The number of hydrogen-bond donors (Lipinski definition) is 1. The second-order valence-electron chi connectivity index (χ2n) is 2.01. The summed E-state index contributed by atoms with van der Waals surface area (Å²) in [7, 11) is 0. The number of rotatable bonds is 1. The van der Waals surface area contributed by atoms with Gasteiger partial charge in [-0.3, -0.25) is 0 Å². The molecule has 1 N–H and O–H groups in total. The van der Waals surface area contributed by atoms with Crippen LogP contribution >= 0.6 is 12.2 Å². The molecule has 1 rings (SSSR count). The second-order valence-corrected chi connectivity index (χ2v) is 2.38. The van der Waals surface area contributed by atoms with Gasteiger partial charge >= 0.3 is 5.97 Å². The summed E-state index contributed by atoms with van der Waals surface area (Å²) < 4.78 is 4.81. The van der Waals surface area contributed by atoms with Crippen LogP contribution in [0.5, 0.6) is 5.75 Å². The fourth-order valence-corrected chi connectivity index (χ4v) is 0.735. The Hall–Kier alpha value is -1.42. The summed E-state index contributed by atoms with van der Waals surface area (Å²) >= 11 is 4.44. The Balaban J connectivity index is 2.65. The van der Waals surface area contributed by atoms with Gasteiger partial charge in [0.1, 0.15) is 5.75 Å². The Kier molecular flexibility index (Phi) is 2.76. The van der Waals surface area contributed by atoms with Crippen molar-refractivity contribution in [2.24, 2.45) is 0 Å². The van der Waals surface area contributed by atoms with Gasteiger partial charge in [0.2, 0.25) is 0 Å². The van der Waals surface area contributed by atoms with Crippen molar-refractivity contribution in [3.63, 3.8) is 0 Å². The Morgan fingerprint density at radius 3 is 2.42 bits per heavy atom. The average molecular weight is 182 g/mol. The molecule has 0 heterocycles. The minimum Gasteiger partial charge on any atom is -0.475 e. The van der Waals surface area contributed by atoms with E-state index in [1.807, 2.05) is 0 Å². The first-order valence-corrected chi connectivity index (χ1v) is 3.61. The van der Waals surface area contributed by atoms with E-state index in [0.717, 1.165) is 0 Å². The van der Waals surface area contributed by atoms with Crippen molar-refractivity contribution < 1.29 is 14.6 Å². The third-order valence-electron chi connectivity index (χ3n) is 1.13. The highest BCUT2D eigenvalue weighted by atomic mass is 32.1. The molecule has 4 heteroatoms. The number of ether oxygens (including phenoxy) is 1. The third-order valence-corrected chi connectivity index (χ3v) is 1.39. The van der Waals surface area contributed by atoms with Crippen molar-refractivity contribution in [2.45, 2.75) is 0 Å². The minimum absolute atomic E-state index is 0.435. The maximum absolute atomic E-state index is 10.2. The van der Waals surface area contributed by atoms with E-state index in [2.05, 4.69) is 12.2 Å². The fraction of sp³-hybridized carbons (Fsp3) is 0. The zero-order valence-corrected chi connectivity index (χ0v) is 6.88. The molecule has 0 aliphatic carbocycles. The molecule has 1 aromatic carbocycles. The smallest absolute Gasteiger partial charge is 0.383 e. The van der Waals surface area contributed by atoms with Crippen molar-refractivity contribution >= 4 is 23.2 Å². The van der Waals surface area contributed by atoms with Gasteiger partial charge in [0.15, 0.2) is 0 Å². The molecule has 0 atom stereocenters. The molecule has 0 bridgehead atoms. The summed E-state index contributed by atoms with van der Waals surface area (Å²) in [6.07, 6.45) is 0. The standard InChI is InChI=1S/C8H6O3S/c9-7(10)8(12)11-6-4-2-1-3-5-6/h1-5H,(H,9,10). The monoisotopic (exact) mass is 182 g/mol. The molecule has 0 unspecified atom stereocenters. The van der Waals surface area contributed by atoms with Crippen LogP contribution in [-0.2, 0) is 4.79 Å². The van der Waals surface area contributed by atoms with E-state index in [1.54, 1.807) is 30.3 Å². The molecule has 0 fully saturated rings. The van der Waals surface area contributed by atoms with Crippen LogP contribution < -0.4 is 4.74 Å². The van der Waals surface area contributed by atoms with E-state index in [9.17, 15) is 4.79 Å². The van der Waals surface area contributed by atoms with E-state index in [0.29, 0.717) is 5.75 Å². The largest absolute Gasteiger partial charge is 0.475 e. The van der Waals surface area contributed by atoms with Crippen molar-refractivity contribution in [1.29, 1.82) is 0 Å². The predicted molar refractivity (Wildman–Crippen MR) is 47.3 cm³/mol. The first-order valence-electron chi connectivity index (χ1n) is 3.20. The zero-order valence-electron chi connectivity index (χ0n) is 6.06. The molecule has 0 aliphatic rings. The van der Waals surface area contributed by atoms with Gasteiger partial charge in [-0.15, -0.1) is 0 Å². The molecule has 0 amide bonds. The molecule has 0 aliphatic heterocycles. The summed E-state index contributed by atoms with van der Waals surface area (Å²) in [6.45, 7) is 0. The van der Waals surface area contributed by atoms with Crippen LogP contribution in [0.1, 0.15) is 0 Å². The molecular formula is C8H6O3S. The molecule has 3 nitrogen and oxygen atoms in total. The lowest BCUT2D eigenvalue weighted by Crippen LogP contribution is -2.16. The van der Waals surface area contributed by atoms with Crippen LogP contribution in [0.25, 0.3) is 0 Å². The lowest BCUT2D eigenvalue weighted by Gasteiger charge is -2.00. The van der Waals surface area contributed by atoms with Crippen molar-refractivity contribution in [3.05, 3.63) is 30.3 Å². The Morgan fingerprint density at radius 2 is 1.92 bits per heavy atom. The highest BCUT2D eigenvalue weighted by molar-refractivity contribution is 7.81. The maximum atomic E-state index is 10.2. The van der Waals surface area contributed by atoms with Crippen molar-refractivity contribution in [2.75, 3.05) is 0 Å². The van der Waals surface area contributed by atoms with Gasteiger partial charge in [-0.2, -0.15) is 0 Å². The molecule has 0 saturated carbocycles. The molecule has 1 aromatic rings. The summed E-state index contributed by atoms with van der Waals surface area (Å²) in [6, 6.07) is 8.54. The Morgan fingerprint density at radius 1 is 1.33 bits per heavy atom. The van der Waals surface area contributed by atoms with Crippen LogP contribution in [-0.4, -0.2) is 16.1 Å². The van der Waals surface area contributed by atoms with Crippen LogP contribution in [0.4, 0.5) is 0 Å². The molecule has 12 heavy (non-hydrogen) atoms. The van der Waals surface area contributed by atoms with Crippen LogP contribution in [0, 0.1) is 0 Å². The SMILES string of the molecule is O=C(O)C(=S)Oc1ccccc1. The van der Waals surface area contributed by atoms with Crippen molar-refractivity contribution in [1.82, 2.24) is 0 Å². The lowest BCUT2D eigenvalue weighted by atomic mass is 10.3. The molecule has 0 saturated heterocycles. The average Bonchev–Trinajstić information content (AvgIpc) is 2.06. The summed E-state index contributed by atoms with van der Waals surface area (Å²) in [5.41, 5.74) is 0. The minimum atomic E-state index is -1.23. The topological polar surface area (TPSA) is 46.5 Å². The van der Waals surface area contributed by atoms with Crippen molar-refractivity contribution in [3.8, 4) is 5.75 Å². The normalized spacial score (nSPS) is 9.00. The van der Waals surface area contributed by atoms with Gasteiger partial charge in [0.25, 0.3) is 5.05 Å². The van der Waals surface area contributed by atoms with Gasteiger partial charge < -0.3 is 9.84 Å². The van der Waals surface area contributed by atoms with E-state index in [-0.39, 0.29) is 0 Å². The molecular weight excluding hydrogens is 176 g/mol. The quantitative estimate of drug-likeness (QED) is 0.668. The predicted octanol–water partition coefficient (Wildman–Crippen LogP) is 1.48. The molecule has 0 radical (unpaired) electrons. The Bertz CT molecular complexity index is 294. The highest BCUT2D eigenvalue weighted by Gasteiger charge is 2.07. The van der Waals surface area contributed by atoms with E-state index in [4.69, 9.17) is 9.84 Å². The van der Waals surface area contributed by atoms with E-state index >= 15 is 0 Å². The van der Waals surface area contributed by atoms with Gasteiger partial charge in [0, 0.05) is 0 Å². The fourth-order valence-electron chi connectivity index (χ4n) is 0.639. The summed E-state index contributed by atoms with van der Waals surface area (Å²) in [4.78, 5) is 10.2. The zero-order chi connectivity index (χ0) is 8.97. The number of carboxylic acids is 1. The number of benzene rings is 1. The van der Waals surface area contributed by atoms with Gasteiger partial charge in [-0.1, -0.05) is 18.2 Å². The second kappa shape index (κ2) is 3.82. The summed E-state index contributed by atoms with van der Waals surface area (Å²) in [5, 5.41) is 7.93. The third kappa shape index (κ3) is 2.32. The van der Waals surface area contributed by atoms with E-state index < -0.39 is 11.0 Å². The molecule has 62 valence electrons. The number of aliphatic carboxylic acids is 1. The van der Waals surface area contributed by atoms with Gasteiger partial charge in [-0.25, -0.2) is 4.79 Å². The maximum Gasteiger partial charge on any atom is 0.383 e. The van der Waals surface area contributed by atoms with Gasteiger partial charge in [0.05, 0.1) is 0 Å². The number of hydrogen-bond acceptors (Lipinski definition) is 3. The first-order chi connectivity index (χ1) is 5.70. The van der Waals surface area contributed by atoms with Gasteiger partial charge in [-0.05, 0) is 24.4 Å². The van der Waals surface area contributed by atoms with Crippen LogP contribution in [0.15, 0.2) is 30.3 Å². The highest BCUT2D eigenvalue weighted by Crippen LogP contribution is 2.08. The Labute approximate surface area is 74.6 Å². The molecule has 0 spiro atoms. The number of para-hydroxylation sites is 1. The number of carboxylic acid groups (broad SMARTS) is 1. The first kappa shape index (κ1) is 8.67. The number of thiocarbonyl (C=S) groups is 1. The lowest BCUT2D eigenvalue weighted by molar-refractivity contribution is -0.130. The van der Waals surface area contributed by atoms with Crippen LogP contribution in [0.3, 0.4) is 0 Å². The number of carbonyl (C=O) groups is 1. The van der Waals surface area contributed by atoms with E-state index in [1.165, 1.54) is 0 Å². The molecule has 0 aromatic heterocycles.